The average molecular weight is 278 g/mol. The number of hydrogen-bond donors (Lipinski definition) is 1. The van der Waals surface area contributed by atoms with Gasteiger partial charge in [-0.25, -0.2) is 0 Å². The van der Waals surface area contributed by atoms with Gasteiger partial charge in [0.05, 0.1) is 11.8 Å². The zero-order valence-corrected chi connectivity index (χ0v) is 12.1. The van der Waals surface area contributed by atoms with Crippen molar-refractivity contribution in [2.75, 3.05) is 13.1 Å². The number of aryl methyl sites for hydroxylation is 1. The van der Waals surface area contributed by atoms with Gasteiger partial charge in [0.2, 0.25) is 5.91 Å². The van der Waals surface area contributed by atoms with E-state index >= 15 is 0 Å². The molecule has 1 atom stereocenters. The van der Waals surface area contributed by atoms with Crippen molar-refractivity contribution < 1.29 is 9.59 Å². The van der Waals surface area contributed by atoms with E-state index in [9.17, 15) is 9.59 Å². The number of amides is 2. The third-order valence-corrected chi connectivity index (χ3v) is 3.69. The van der Waals surface area contributed by atoms with Gasteiger partial charge in [0.1, 0.15) is 0 Å². The van der Waals surface area contributed by atoms with Crippen LogP contribution >= 0.6 is 0 Å². The summed E-state index contributed by atoms with van der Waals surface area (Å²) in [4.78, 5) is 25.4. The van der Waals surface area contributed by atoms with Crippen molar-refractivity contribution in [3.05, 3.63) is 18.0 Å². The number of likely N-dealkylation sites (tertiary alicyclic amines) is 1. The lowest BCUT2D eigenvalue weighted by Gasteiger charge is -2.35. The Hall–Kier alpha value is -1.85. The van der Waals surface area contributed by atoms with E-state index in [0.717, 1.165) is 32.2 Å². The van der Waals surface area contributed by atoms with Gasteiger partial charge in [-0.15, -0.1) is 0 Å². The van der Waals surface area contributed by atoms with Gasteiger partial charge in [0.25, 0.3) is 5.91 Å². The average Bonchev–Trinajstić information content (AvgIpc) is 2.85. The molecule has 0 spiro atoms. The first-order chi connectivity index (χ1) is 9.58. The first-order valence-electron chi connectivity index (χ1n) is 7.12. The van der Waals surface area contributed by atoms with E-state index in [1.807, 2.05) is 4.90 Å². The molecule has 2 amide bonds. The zero-order chi connectivity index (χ0) is 14.5. The van der Waals surface area contributed by atoms with E-state index in [1.54, 1.807) is 24.1 Å². The molecule has 0 bridgehead atoms. The zero-order valence-electron chi connectivity index (χ0n) is 12.1. The second-order valence-corrected chi connectivity index (χ2v) is 5.32. The van der Waals surface area contributed by atoms with Gasteiger partial charge < -0.3 is 10.2 Å². The van der Waals surface area contributed by atoms with Crippen LogP contribution in [0.25, 0.3) is 0 Å². The third-order valence-electron chi connectivity index (χ3n) is 3.69. The molecule has 0 aliphatic carbocycles. The monoisotopic (exact) mass is 278 g/mol. The van der Waals surface area contributed by atoms with Crippen LogP contribution in [0.1, 0.15) is 43.0 Å². The summed E-state index contributed by atoms with van der Waals surface area (Å²) in [6.45, 7) is 2.93. The lowest BCUT2D eigenvalue weighted by molar-refractivity contribution is -0.119. The molecule has 1 N–H and O–H groups in total. The predicted molar refractivity (Wildman–Crippen MR) is 75.2 cm³/mol. The molecule has 2 rings (SSSR count). The van der Waals surface area contributed by atoms with Crippen LogP contribution in [0, 0.1) is 0 Å². The van der Waals surface area contributed by atoms with Crippen molar-refractivity contribution in [1.82, 2.24) is 20.0 Å². The molecule has 6 heteroatoms. The fourth-order valence-electron chi connectivity index (χ4n) is 2.68. The number of nitrogens with one attached hydrogen (secondary N) is 1. The van der Waals surface area contributed by atoms with E-state index in [2.05, 4.69) is 10.4 Å². The molecular weight excluding hydrogens is 256 g/mol. The molecule has 0 radical (unpaired) electrons. The Kier molecular flexibility index (Phi) is 4.76. The van der Waals surface area contributed by atoms with Crippen molar-refractivity contribution in [3.63, 3.8) is 0 Å². The van der Waals surface area contributed by atoms with Gasteiger partial charge in [0, 0.05) is 39.3 Å². The molecule has 20 heavy (non-hydrogen) atoms. The highest BCUT2D eigenvalue weighted by Crippen LogP contribution is 2.21. The van der Waals surface area contributed by atoms with Crippen molar-refractivity contribution in [3.8, 4) is 0 Å². The van der Waals surface area contributed by atoms with Crippen LogP contribution in [-0.2, 0) is 11.8 Å². The quantitative estimate of drug-likeness (QED) is 0.891. The van der Waals surface area contributed by atoms with Crippen LogP contribution < -0.4 is 5.32 Å². The molecule has 1 aromatic heterocycles. The maximum absolute atomic E-state index is 12.5. The van der Waals surface area contributed by atoms with Crippen LogP contribution in [0.4, 0.5) is 0 Å². The molecule has 1 aliphatic rings. The minimum atomic E-state index is -0.0223. The Labute approximate surface area is 119 Å². The molecule has 1 aliphatic heterocycles. The highest BCUT2D eigenvalue weighted by Gasteiger charge is 2.27. The van der Waals surface area contributed by atoms with Gasteiger partial charge in [-0.1, -0.05) is 0 Å². The molecule has 110 valence electrons. The van der Waals surface area contributed by atoms with Crippen LogP contribution in [-0.4, -0.2) is 45.6 Å². The van der Waals surface area contributed by atoms with Crippen LogP contribution in [0.3, 0.4) is 0 Å². The summed E-state index contributed by atoms with van der Waals surface area (Å²) in [6, 6.07) is 0.211. The number of piperidine rings is 1. The number of carbonyl (C=O) groups excluding carboxylic acids is 2. The maximum atomic E-state index is 12.5. The molecule has 1 aromatic rings. The SMILES string of the molecule is CC(=O)NCC[C@@H]1CCCCN1C(=O)c1cnn(C)c1. The molecule has 0 aromatic carbocycles. The summed E-state index contributed by atoms with van der Waals surface area (Å²) in [5.41, 5.74) is 0.638. The Morgan fingerprint density at radius 3 is 2.90 bits per heavy atom. The molecule has 1 fully saturated rings. The highest BCUT2D eigenvalue weighted by atomic mass is 16.2. The number of aromatic nitrogens is 2. The third kappa shape index (κ3) is 3.59. The first kappa shape index (κ1) is 14.6. The predicted octanol–water partition coefficient (Wildman–Crippen LogP) is 0.941. The summed E-state index contributed by atoms with van der Waals surface area (Å²) < 4.78 is 1.64. The van der Waals surface area contributed by atoms with Gasteiger partial charge in [-0.2, -0.15) is 5.10 Å². The lowest BCUT2D eigenvalue weighted by atomic mass is 9.98. The number of hydrogen-bond acceptors (Lipinski definition) is 3. The summed E-state index contributed by atoms with van der Waals surface area (Å²) in [6.07, 6.45) is 7.37. The van der Waals surface area contributed by atoms with E-state index in [4.69, 9.17) is 0 Å². The van der Waals surface area contributed by atoms with Gasteiger partial charge >= 0.3 is 0 Å². The topological polar surface area (TPSA) is 67.2 Å². The maximum Gasteiger partial charge on any atom is 0.257 e. The van der Waals surface area contributed by atoms with Crippen LogP contribution in [0.5, 0.6) is 0 Å². The normalized spacial score (nSPS) is 18.9. The van der Waals surface area contributed by atoms with E-state index in [0.29, 0.717) is 12.1 Å². The van der Waals surface area contributed by atoms with Crippen molar-refractivity contribution >= 4 is 11.8 Å². The molecular formula is C14H22N4O2. The summed E-state index contributed by atoms with van der Waals surface area (Å²) in [5.74, 6) is 0.0246. The van der Waals surface area contributed by atoms with Crippen molar-refractivity contribution in [2.45, 2.75) is 38.6 Å². The van der Waals surface area contributed by atoms with Crippen LogP contribution in [0.15, 0.2) is 12.4 Å². The minimum Gasteiger partial charge on any atom is -0.356 e. The van der Waals surface area contributed by atoms with E-state index in [-0.39, 0.29) is 17.9 Å². The second kappa shape index (κ2) is 6.54. The molecule has 0 unspecified atom stereocenters. The minimum absolute atomic E-state index is 0.0223. The Morgan fingerprint density at radius 1 is 1.45 bits per heavy atom. The van der Waals surface area contributed by atoms with Crippen molar-refractivity contribution in [1.29, 1.82) is 0 Å². The number of rotatable bonds is 4. The fourth-order valence-corrected chi connectivity index (χ4v) is 2.68. The lowest BCUT2D eigenvalue weighted by Crippen LogP contribution is -2.45. The fraction of sp³-hybridized carbons (Fsp3) is 0.643. The molecule has 6 nitrogen and oxygen atoms in total. The van der Waals surface area contributed by atoms with Gasteiger partial charge in [-0.05, 0) is 25.7 Å². The Balaban J connectivity index is 1.99. The second-order valence-electron chi connectivity index (χ2n) is 5.32. The summed E-state index contributed by atoms with van der Waals surface area (Å²) >= 11 is 0. The molecule has 2 heterocycles. The van der Waals surface area contributed by atoms with Gasteiger partial charge in [-0.3, -0.25) is 14.3 Å². The molecule has 0 saturated carbocycles. The van der Waals surface area contributed by atoms with E-state index in [1.165, 1.54) is 6.92 Å². The largest absolute Gasteiger partial charge is 0.356 e. The number of carbonyl (C=O) groups is 2. The Morgan fingerprint density at radius 2 is 2.25 bits per heavy atom. The Bertz CT molecular complexity index is 483. The highest BCUT2D eigenvalue weighted by molar-refractivity contribution is 5.94. The van der Waals surface area contributed by atoms with E-state index < -0.39 is 0 Å². The van der Waals surface area contributed by atoms with Gasteiger partial charge in [0.15, 0.2) is 0 Å². The summed E-state index contributed by atoms with van der Waals surface area (Å²) in [7, 11) is 1.81. The standard InChI is InChI=1S/C14H22N4O2/c1-11(19)15-7-6-13-5-3-4-8-18(13)14(20)12-9-16-17(2)10-12/h9-10,13H,3-8H2,1-2H3,(H,15,19)/t13-/m0/s1. The van der Waals surface area contributed by atoms with Crippen LogP contribution in [0.2, 0.25) is 0 Å². The first-order valence-corrected chi connectivity index (χ1v) is 7.12. The summed E-state index contributed by atoms with van der Waals surface area (Å²) in [5, 5.41) is 6.86. The van der Waals surface area contributed by atoms with Crippen molar-refractivity contribution in [2.24, 2.45) is 7.05 Å². The molecule has 1 saturated heterocycles. The number of nitrogens with zero attached hydrogens (tertiary/aromatic N) is 3. The smallest absolute Gasteiger partial charge is 0.257 e.